The Morgan fingerprint density at radius 1 is 1.35 bits per heavy atom. The van der Waals surface area contributed by atoms with Crippen LogP contribution in [0, 0.1) is 12.7 Å². The Bertz CT molecular complexity index is 530. The summed E-state index contributed by atoms with van der Waals surface area (Å²) in [5.74, 6) is 0.586. The lowest BCUT2D eigenvalue weighted by Crippen LogP contribution is -2.06. The summed E-state index contributed by atoms with van der Waals surface area (Å²) in [7, 11) is 1.87. The van der Waals surface area contributed by atoms with Gasteiger partial charge in [0.1, 0.15) is 5.76 Å². The van der Waals surface area contributed by atoms with E-state index in [2.05, 4.69) is 12.2 Å². The summed E-state index contributed by atoms with van der Waals surface area (Å²) in [6.45, 7) is 4.76. The van der Waals surface area contributed by atoms with Crippen LogP contribution in [0.15, 0.2) is 16.5 Å². The van der Waals surface area contributed by atoms with E-state index in [9.17, 15) is 4.39 Å². The van der Waals surface area contributed by atoms with Crippen LogP contribution in [0.1, 0.15) is 30.2 Å². The molecule has 0 fully saturated rings. The third-order valence-corrected chi connectivity index (χ3v) is 3.02. The molecular weight excluding hydrogens is 217 g/mol. The molecule has 0 atom stereocenters. The minimum absolute atomic E-state index is 0.273. The van der Waals surface area contributed by atoms with Gasteiger partial charge in [0.2, 0.25) is 0 Å². The molecule has 1 N–H and O–H groups in total. The quantitative estimate of drug-likeness (QED) is 0.876. The van der Waals surface area contributed by atoms with Gasteiger partial charge < -0.3 is 9.73 Å². The van der Waals surface area contributed by atoms with Crippen LogP contribution in [0.25, 0.3) is 11.0 Å². The maximum Gasteiger partial charge on any atom is 0.170 e. The normalized spacial score (nSPS) is 11.3. The first kappa shape index (κ1) is 12.1. The van der Waals surface area contributed by atoms with Crippen LogP contribution >= 0.6 is 0 Å². The van der Waals surface area contributed by atoms with Crippen LogP contribution in [0.2, 0.25) is 0 Å². The highest BCUT2D eigenvalue weighted by molar-refractivity contribution is 5.86. The van der Waals surface area contributed by atoms with Crippen LogP contribution in [0.5, 0.6) is 0 Å². The number of aryl methyl sites for hydroxylation is 2. The molecule has 0 bridgehead atoms. The minimum atomic E-state index is -0.273. The highest BCUT2D eigenvalue weighted by Gasteiger charge is 2.17. The summed E-state index contributed by atoms with van der Waals surface area (Å²) in [6, 6.07) is 3.29. The molecule has 92 valence electrons. The first-order valence-corrected chi connectivity index (χ1v) is 6.03. The molecule has 17 heavy (non-hydrogen) atoms. The van der Waals surface area contributed by atoms with Crippen molar-refractivity contribution < 1.29 is 8.81 Å². The zero-order valence-electron chi connectivity index (χ0n) is 10.6. The van der Waals surface area contributed by atoms with Gasteiger partial charge in [0.15, 0.2) is 11.4 Å². The summed E-state index contributed by atoms with van der Waals surface area (Å²) in [4.78, 5) is 0. The lowest BCUT2D eigenvalue weighted by molar-refractivity contribution is 0.501. The standard InChI is InChI=1S/C14H18FNO/c1-4-5-10-12(8-16-3)17-14-11(15)7-6-9(2)13(10)14/h6-7,16H,4-5,8H2,1-3H3. The number of benzene rings is 1. The average molecular weight is 235 g/mol. The predicted molar refractivity (Wildman–Crippen MR) is 67.7 cm³/mol. The van der Waals surface area contributed by atoms with E-state index < -0.39 is 0 Å². The van der Waals surface area contributed by atoms with E-state index in [1.807, 2.05) is 20.0 Å². The van der Waals surface area contributed by atoms with Crippen molar-refractivity contribution in [3.8, 4) is 0 Å². The monoisotopic (exact) mass is 235 g/mol. The molecule has 1 aromatic carbocycles. The lowest BCUT2D eigenvalue weighted by Gasteiger charge is -2.02. The highest BCUT2D eigenvalue weighted by Crippen LogP contribution is 2.31. The molecule has 0 saturated heterocycles. The number of hydrogen-bond donors (Lipinski definition) is 1. The van der Waals surface area contributed by atoms with E-state index in [0.717, 1.165) is 35.1 Å². The van der Waals surface area contributed by atoms with Gasteiger partial charge in [0.05, 0.1) is 6.54 Å². The van der Waals surface area contributed by atoms with Crippen LogP contribution in [-0.4, -0.2) is 7.05 Å². The fraction of sp³-hybridized carbons (Fsp3) is 0.429. The second kappa shape index (κ2) is 4.88. The molecule has 2 nitrogen and oxygen atoms in total. The Morgan fingerprint density at radius 3 is 2.76 bits per heavy atom. The first-order valence-electron chi connectivity index (χ1n) is 6.03. The first-order chi connectivity index (χ1) is 8.19. The van der Waals surface area contributed by atoms with Gasteiger partial charge in [-0.15, -0.1) is 0 Å². The van der Waals surface area contributed by atoms with Crippen molar-refractivity contribution in [2.24, 2.45) is 0 Å². The van der Waals surface area contributed by atoms with Gasteiger partial charge in [-0.05, 0) is 32.0 Å². The third-order valence-electron chi connectivity index (χ3n) is 3.02. The average Bonchev–Trinajstić information content (AvgIpc) is 2.66. The summed E-state index contributed by atoms with van der Waals surface area (Å²) in [5.41, 5.74) is 2.63. The summed E-state index contributed by atoms with van der Waals surface area (Å²) < 4.78 is 19.4. The molecule has 0 amide bonds. The van der Waals surface area contributed by atoms with Crippen LogP contribution < -0.4 is 5.32 Å². The van der Waals surface area contributed by atoms with Crippen molar-refractivity contribution in [3.05, 3.63) is 34.8 Å². The summed E-state index contributed by atoms with van der Waals surface area (Å²) in [5, 5.41) is 4.02. The Kier molecular flexibility index (Phi) is 3.48. The van der Waals surface area contributed by atoms with Crippen molar-refractivity contribution in [2.45, 2.75) is 33.2 Å². The molecule has 0 aliphatic carbocycles. The van der Waals surface area contributed by atoms with E-state index in [1.54, 1.807) is 0 Å². The smallest absolute Gasteiger partial charge is 0.170 e. The van der Waals surface area contributed by atoms with Crippen LogP contribution in [0.3, 0.4) is 0 Å². The van der Waals surface area contributed by atoms with Crippen molar-refractivity contribution in [1.29, 1.82) is 0 Å². The Balaban J connectivity index is 2.70. The molecule has 2 rings (SSSR count). The second-order valence-electron chi connectivity index (χ2n) is 4.35. The molecule has 0 radical (unpaired) electrons. The number of hydrogen-bond acceptors (Lipinski definition) is 2. The number of rotatable bonds is 4. The van der Waals surface area contributed by atoms with Gasteiger partial charge in [-0.3, -0.25) is 0 Å². The molecule has 2 aromatic rings. The highest BCUT2D eigenvalue weighted by atomic mass is 19.1. The van der Waals surface area contributed by atoms with Gasteiger partial charge >= 0.3 is 0 Å². The number of furan rings is 1. The van der Waals surface area contributed by atoms with E-state index in [0.29, 0.717) is 12.1 Å². The lowest BCUT2D eigenvalue weighted by atomic mass is 10.0. The number of fused-ring (bicyclic) bond motifs is 1. The molecule has 0 aliphatic heterocycles. The topological polar surface area (TPSA) is 25.2 Å². The van der Waals surface area contributed by atoms with Crippen LogP contribution in [0.4, 0.5) is 4.39 Å². The second-order valence-corrected chi connectivity index (χ2v) is 4.35. The number of halogens is 1. The van der Waals surface area contributed by atoms with E-state index in [-0.39, 0.29) is 5.82 Å². The summed E-state index contributed by atoms with van der Waals surface area (Å²) >= 11 is 0. The Hall–Kier alpha value is -1.35. The molecule has 0 spiro atoms. The third kappa shape index (κ3) is 2.07. The zero-order valence-corrected chi connectivity index (χ0v) is 10.6. The van der Waals surface area contributed by atoms with Gasteiger partial charge in [-0.25, -0.2) is 4.39 Å². The van der Waals surface area contributed by atoms with Crippen molar-refractivity contribution in [3.63, 3.8) is 0 Å². The molecule has 0 aliphatic rings. The Labute approximate surface area is 101 Å². The largest absolute Gasteiger partial charge is 0.456 e. The van der Waals surface area contributed by atoms with E-state index >= 15 is 0 Å². The van der Waals surface area contributed by atoms with Crippen molar-refractivity contribution in [1.82, 2.24) is 5.32 Å². The molecule has 1 heterocycles. The Morgan fingerprint density at radius 2 is 2.12 bits per heavy atom. The van der Waals surface area contributed by atoms with Crippen molar-refractivity contribution in [2.75, 3.05) is 7.05 Å². The number of nitrogens with one attached hydrogen (secondary N) is 1. The molecular formula is C14H18FNO. The fourth-order valence-corrected chi connectivity index (χ4v) is 2.27. The van der Waals surface area contributed by atoms with Crippen molar-refractivity contribution >= 4 is 11.0 Å². The van der Waals surface area contributed by atoms with Gasteiger partial charge in [0, 0.05) is 10.9 Å². The maximum absolute atomic E-state index is 13.7. The molecule has 0 unspecified atom stereocenters. The zero-order chi connectivity index (χ0) is 12.4. The minimum Gasteiger partial charge on any atom is -0.456 e. The summed E-state index contributed by atoms with van der Waals surface area (Å²) in [6.07, 6.45) is 1.95. The molecule has 3 heteroatoms. The fourth-order valence-electron chi connectivity index (χ4n) is 2.27. The van der Waals surface area contributed by atoms with Gasteiger partial charge in [0.25, 0.3) is 0 Å². The van der Waals surface area contributed by atoms with E-state index in [1.165, 1.54) is 6.07 Å². The van der Waals surface area contributed by atoms with Gasteiger partial charge in [-0.2, -0.15) is 0 Å². The van der Waals surface area contributed by atoms with E-state index in [4.69, 9.17) is 4.42 Å². The molecule has 0 saturated carbocycles. The van der Waals surface area contributed by atoms with Gasteiger partial charge in [-0.1, -0.05) is 19.4 Å². The predicted octanol–water partition coefficient (Wildman–Crippen LogP) is 3.55. The van der Waals surface area contributed by atoms with Crippen LogP contribution in [-0.2, 0) is 13.0 Å². The SMILES string of the molecule is CCCc1c(CNC)oc2c(F)ccc(C)c12. The molecule has 1 aromatic heterocycles. The maximum atomic E-state index is 13.7.